The van der Waals surface area contributed by atoms with Gasteiger partial charge in [-0.05, 0) is 38.0 Å². The van der Waals surface area contributed by atoms with Crippen LogP contribution < -0.4 is 14.4 Å². The highest BCUT2D eigenvalue weighted by atomic mass is 16.5. The summed E-state index contributed by atoms with van der Waals surface area (Å²) in [6, 6.07) is 3.35. The molecule has 22 heavy (non-hydrogen) atoms. The second-order valence-corrected chi connectivity index (χ2v) is 5.34. The van der Waals surface area contributed by atoms with Gasteiger partial charge in [-0.15, -0.1) is 0 Å². The summed E-state index contributed by atoms with van der Waals surface area (Å²) >= 11 is 0. The van der Waals surface area contributed by atoms with Gasteiger partial charge in [-0.3, -0.25) is 14.5 Å². The minimum atomic E-state index is -0.684. The number of hydrogen-bond donors (Lipinski definition) is 1. The molecule has 0 spiro atoms. The molecule has 1 aliphatic heterocycles. The van der Waals surface area contributed by atoms with Gasteiger partial charge in [0.05, 0.1) is 25.4 Å². The number of fused-ring (bicyclic) bond motifs is 1. The molecule has 0 saturated carbocycles. The van der Waals surface area contributed by atoms with E-state index in [1.807, 2.05) is 6.92 Å². The van der Waals surface area contributed by atoms with Crippen LogP contribution in [0.1, 0.15) is 32.8 Å². The zero-order chi connectivity index (χ0) is 16.3. The summed E-state index contributed by atoms with van der Waals surface area (Å²) in [5, 5.41) is 9.41. The fourth-order valence-corrected chi connectivity index (χ4v) is 2.32. The standard InChI is InChI=1S/C16H21NO5/c1-4-5-21-14-7-12(9-18)6-13-15(14)22-11(3)16(20)17(13)8-10(2)19/h6-7,11,18H,4-5,8-9H2,1-3H3. The van der Waals surface area contributed by atoms with E-state index in [1.54, 1.807) is 19.1 Å². The van der Waals surface area contributed by atoms with Crippen LogP contribution in [-0.4, -0.2) is 36.1 Å². The molecule has 1 amide bonds. The Morgan fingerprint density at radius 3 is 2.77 bits per heavy atom. The van der Waals surface area contributed by atoms with Gasteiger partial charge < -0.3 is 14.6 Å². The minimum Gasteiger partial charge on any atom is -0.490 e. The quantitative estimate of drug-likeness (QED) is 0.865. The summed E-state index contributed by atoms with van der Waals surface area (Å²) in [5.41, 5.74) is 1.07. The largest absolute Gasteiger partial charge is 0.490 e. The van der Waals surface area contributed by atoms with Crippen molar-refractivity contribution in [2.45, 2.75) is 39.9 Å². The van der Waals surface area contributed by atoms with Crippen LogP contribution in [0.5, 0.6) is 11.5 Å². The van der Waals surface area contributed by atoms with E-state index in [2.05, 4.69) is 0 Å². The SMILES string of the molecule is CCCOc1cc(CO)cc2c1OC(C)C(=O)N2CC(C)=O. The van der Waals surface area contributed by atoms with Crippen LogP contribution in [0.2, 0.25) is 0 Å². The molecule has 1 aromatic carbocycles. The third-order valence-corrected chi connectivity index (χ3v) is 3.32. The van der Waals surface area contributed by atoms with Gasteiger partial charge in [0, 0.05) is 0 Å². The molecule has 1 heterocycles. The Morgan fingerprint density at radius 2 is 2.18 bits per heavy atom. The molecule has 120 valence electrons. The molecule has 0 fully saturated rings. The highest BCUT2D eigenvalue weighted by Crippen LogP contribution is 2.43. The van der Waals surface area contributed by atoms with Crippen molar-refractivity contribution in [3.8, 4) is 11.5 Å². The molecular formula is C16H21NO5. The Bertz CT molecular complexity index is 584. The smallest absolute Gasteiger partial charge is 0.268 e. The van der Waals surface area contributed by atoms with Crippen LogP contribution in [-0.2, 0) is 16.2 Å². The molecule has 1 unspecified atom stereocenters. The highest BCUT2D eigenvalue weighted by molar-refractivity contribution is 6.04. The molecule has 1 aromatic rings. The highest BCUT2D eigenvalue weighted by Gasteiger charge is 2.34. The zero-order valence-corrected chi connectivity index (χ0v) is 13.1. The predicted molar refractivity (Wildman–Crippen MR) is 81.3 cm³/mol. The van der Waals surface area contributed by atoms with E-state index in [9.17, 15) is 14.7 Å². The molecule has 6 heteroatoms. The number of Topliss-reactive ketones (excluding diaryl/α,β-unsaturated/α-hetero) is 1. The zero-order valence-electron chi connectivity index (χ0n) is 13.1. The average Bonchev–Trinajstić information content (AvgIpc) is 2.49. The molecule has 0 radical (unpaired) electrons. The van der Waals surface area contributed by atoms with E-state index < -0.39 is 6.10 Å². The van der Waals surface area contributed by atoms with Crippen LogP contribution in [0.15, 0.2) is 12.1 Å². The van der Waals surface area contributed by atoms with Crippen LogP contribution in [0.25, 0.3) is 0 Å². The average molecular weight is 307 g/mol. The molecule has 2 rings (SSSR count). The summed E-state index contributed by atoms with van der Waals surface area (Å²) in [6.07, 6.45) is 0.139. The van der Waals surface area contributed by atoms with Crippen LogP contribution in [0, 0.1) is 0 Å². The Labute approximate surface area is 129 Å². The summed E-state index contributed by atoms with van der Waals surface area (Å²) in [4.78, 5) is 25.2. The number of nitrogens with zero attached hydrogens (tertiary/aromatic N) is 1. The van der Waals surface area contributed by atoms with Gasteiger partial charge in [0.1, 0.15) is 5.78 Å². The van der Waals surface area contributed by atoms with Crippen molar-refractivity contribution >= 4 is 17.4 Å². The summed E-state index contributed by atoms with van der Waals surface area (Å²) < 4.78 is 11.3. The molecule has 0 bridgehead atoms. The van der Waals surface area contributed by atoms with Crippen molar-refractivity contribution in [2.24, 2.45) is 0 Å². The number of anilines is 1. The van der Waals surface area contributed by atoms with E-state index in [-0.39, 0.29) is 24.8 Å². The maximum atomic E-state index is 12.3. The number of aliphatic hydroxyl groups is 1. The number of ketones is 1. The number of benzene rings is 1. The summed E-state index contributed by atoms with van der Waals surface area (Å²) in [7, 11) is 0. The molecule has 1 N–H and O–H groups in total. The predicted octanol–water partition coefficient (Wildman–Crippen LogP) is 1.67. The number of ether oxygens (including phenoxy) is 2. The van der Waals surface area contributed by atoms with E-state index in [0.29, 0.717) is 29.4 Å². The fraction of sp³-hybridized carbons (Fsp3) is 0.500. The van der Waals surface area contributed by atoms with Crippen molar-refractivity contribution in [1.82, 2.24) is 0 Å². The Hall–Kier alpha value is -2.08. The van der Waals surface area contributed by atoms with Crippen molar-refractivity contribution in [1.29, 1.82) is 0 Å². The first-order chi connectivity index (χ1) is 10.5. The van der Waals surface area contributed by atoms with E-state index in [4.69, 9.17) is 9.47 Å². The molecule has 1 aliphatic rings. The fourth-order valence-electron chi connectivity index (χ4n) is 2.32. The lowest BCUT2D eigenvalue weighted by atomic mass is 10.1. The molecule has 0 saturated heterocycles. The number of amides is 1. The maximum absolute atomic E-state index is 12.3. The van der Waals surface area contributed by atoms with E-state index >= 15 is 0 Å². The van der Waals surface area contributed by atoms with Gasteiger partial charge in [-0.25, -0.2) is 0 Å². The minimum absolute atomic E-state index is 0.0262. The first-order valence-corrected chi connectivity index (χ1v) is 7.36. The topological polar surface area (TPSA) is 76.1 Å². The van der Waals surface area contributed by atoms with Gasteiger partial charge in [0.15, 0.2) is 17.6 Å². The number of carbonyl (C=O) groups is 2. The monoisotopic (exact) mass is 307 g/mol. The molecule has 0 aromatic heterocycles. The molecule has 6 nitrogen and oxygen atoms in total. The number of aliphatic hydroxyl groups excluding tert-OH is 1. The lowest BCUT2D eigenvalue weighted by molar-refractivity contribution is -0.127. The number of hydrogen-bond acceptors (Lipinski definition) is 5. The van der Waals surface area contributed by atoms with Gasteiger partial charge >= 0.3 is 0 Å². The van der Waals surface area contributed by atoms with Gasteiger partial charge in [-0.2, -0.15) is 0 Å². The Balaban J connectivity index is 2.52. The van der Waals surface area contributed by atoms with Crippen molar-refractivity contribution in [3.05, 3.63) is 17.7 Å². The Morgan fingerprint density at radius 1 is 1.45 bits per heavy atom. The molecule has 1 atom stereocenters. The third kappa shape index (κ3) is 3.22. The first kappa shape index (κ1) is 16.3. The van der Waals surface area contributed by atoms with Gasteiger partial charge in [0.25, 0.3) is 5.91 Å². The Kier molecular flexibility index (Phi) is 5.03. The number of rotatable bonds is 6. The summed E-state index contributed by atoms with van der Waals surface area (Å²) in [6.45, 7) is 5.34. The van der Waals surface area contributed by atoms with Gasteiger partial charge in [0.2, 0.25) is 0 Å². The second kappa shape index (κ2) is 6.79. The van der Waals surface area contributed by atoms with E-state index in [0.717, 1.165) is 6.42 Å². The van der Waals surface area contributed by atoms with Crippen molar-refractivity contribution in [2.75, 3.05) is 18.1 Å². The molecular weight excluding hydrogens is 286 g/mol. The first-order valence-electron chi connectivity index (χ1n) is 7.36. The van der Waals surface area contributed by atoms with E-state index in [1.165, 1.54) is 11.8 Å². The normalized spacial score (nSPS) is 17.0. The number of carbonyl (C=O) groups excluding carboxylic acids is 2. The lowest BCUT2D eigenvalue weighted by Gasteiger charge is -2.33. The lowest BCUT2D eigenvalue weighted by Crippen LogP contribution is -2.46. The molecule has 0 aliphatic carbocycles. The van der Waals surface area contributed by atoms with Crippen LogP contribution in [0.3, 0.4) is 0 Å². The van der Waals surface area contributed by atoms with Gasteiger partial charge in [-0.1, -0.05) is 6.92 Å². The van der Waals surface area contributed by atoms with Crippen molar-refractivity contribution < 1.29 is 24.2 Å². The van der Waals surface area contributed by atoms with Crippen molar-refractivity contribution in [3.63, 3.8) is 0 Å². The second-order valence-electron chi connectivity index (χ2n) is 5.34. The maximum Gasteiger partial charge on any atom is 0.268 e. The summed E-state index contributed by atoms with van der Waals surface area (Å²) in [5.74, 6) is 0.522. The van der Waals surface area contributed by atoms with Crippen LogP contribution >= 0.6 is 0 Å². The third-order valence-electron chi connectivity index (χ3n) is 3.32. The van der Waals surface area contributed by atoms with Crippen LogP contribution in [0.4, 0.5) is 5.69 Å².